The maximum Gasteiger partial charge on any atom is 0.276 e. The monoisotopic (exact) mass is 468 g/mol. The highest BCUT2D eigenvalue weighted by molar-refractivity contribution is 9.10. The van der Waals surface area contributed by atoms with E-state index in [-0.39, 0.29) is 24.6 Å². The Bertz CT molecular complexity index is 1030. The fourth-order valence-electron chi connectivity index (χ4n) is 2.65. The minimum atomic E-state index is -0.833. The minimum absolute atomic E-state index is 0.0681. The molecular formula is C19H19BrF2N4O3. The van der Waals surface area contributed by atoms with E-state index in [1.165, 1.54) is 11.0 Å². The molecule has 2 heterocycles. The molecule has 0 spiro atoms. The summed E-state index contributed by atoms with van der Waals surface area (Å²) in [4.78, 5) is 14.3. The zero-order valence-electron chi connectivity index (χ0n) is 16.1. The fourth-order valence-corrected chi connectivity index (χ4v) is 3.10. The number of nitrogens with zero attached hydrogens (tertiary/aromatic N) is 4. The van der Waals surface area contributed by atoms with E-state index in [1.54, 1.807) is 18.7 Å². The van der Waals surface area contributed by atoms with Crippen molar-refractivity contribution in [2.75, 3.05) is 7.05 Å². The molecule has 10 heteroatoms. The molecule has 154 valence electrons. The smallest absolute Gasteiger partial charge is 0.276 e. The standard InChI is InChI=1S/C19H19BrF2N4O3/c1-4-26-8-14(20)16(23-26)9-25(3)19(27)18-13(11(2)29-24-18)10-28-17-6-5-12(21)7-15(17)22/h5-8H,4,9-10H2,1-3H3. The van der Waals surface area contributed by atoms with Crippen molar-refractivity contribution in [3.63, 3.8) is 0 Å². The number of aryl methyl sites for hydroxylation is 2. The van der Waals surface area contributed by atoms with Gasteiger partial charge in [0.1, 0.15) is 18.2 Å². The van der Waals surface area contributed by atoms with Crippen LogP contribution < -0.4 is 4.74 Å². The van der Waals surface area contributed by atoms with E-state index in [2.05, 4.69) is 26.2 Å². The lowest BCUT2D eigenvalue weighted by molar-refractivity contribution is 0.0770. The molecule has 0 aliphatic heterocycles. The van der Waals surface area contributed by atoms with Crippen LogP contribution in [-0.4, -0.2) is 32.8 Å². The second-order valence-corrected chi connectivity index (χ2v) is 7.22. The normalized spacial score (nSPS) is 11.0. The van der Waals surface area contributed by atoms with Crippen LogP contribution in [0.4, 0.5) is 8.78 Å². The van der Waals surface area contributed by atoms with Crippen LogP contribution >= 0.6 is 15.9 Å². The third-order valence-electron chi connectivity index (χ3n) is 4.30. The van der Waals surface area contributed by atoms with Gasteiger partial charge in [0.2, 0.25) is 0 Å². The van der Waals surface area contributed by atoms with Crippen LogP contribution in [0.1, 0.15) is 34.4 Å². The molecule has 0 unspecified atom stereocenters. The first-order chi connectivity index (χ1) is 13.8. The fraction of sp³-hybridized carbons (Fsp3) is 0.316. The van der Waals surface area contributed by atoms with Crippen molar-refractivity contribution in [3.05, 3.63) is 63.2 Å². The molecule has 7 nitrogen and oxygen atoms in total. The summed E-state index contributed by atoms with van der Waals surface area (Å²) >= 11 is 3.44. The SMILES string of the molecule is CCn1cc(Br)c(CN(C)C(=O)c2noc(C)c2COc2ccc(F)cc2F)n1. The number of carbonyl (C=O) groups excluding carboxylic acids is 1. The van der Waals surface area contributed by atoms with E-state index >= 15 is 0 Å². The Balaban J connectivity index is 1.75. The molecule has 0 fully saturated rings. The molecule has 0 aliphatic carbocycles. The Kier molecular flexibility index (Phi) is 6.31. The maximum absolute atomic E-state index is 13.8. The zero-order chi connectivity index (χ0) is 21.1. The van der Waals surface area contributed by atoms with Gasteiger partial charge in [-0.05, 0) is 41.9 Å². The van der Waals surface area contributed by atoms with Crippen LogP contribution in [0, 0.1) is 18.6 Å². The molecule has 0 atom stereocenters. The summed E-state index contributed by atoms with van der Waals surface area (Å²) in [6, 6.07) is 3.00. The van der Waals surface area contributed by atoms with Crippen molar-refractivity contribution < 1.29 is 22.8 Å². The van der Waals surface area contributed by atoms with Crippen LogP contribution in [0.5, 0.6) is 5.75 Å². The van der Waals surface area contributed by atoms with Crippen molar-refractivity contribution in [3.8, 4) is 5.75 Å². The van der Waals surface area contributed by atoms with Gasteiger partial charge in [-0.1, -0.05) is 5.16 Å². The lowest BCUT2D eigenvalue weighted by atomic mass is 10.2. The molecule has 3 aromatic rings. The van der Waals surface area contributed by atoms with Crippen molar-refractivity contribution in [1.29, 1.82) is 0 Å². The van der Waals surface area contributed by atoms with Crippen molar-refractivity contribution in [2.24, 2.45) is 0 Å². The molecule has 0 radical (unpaired) electrons. The molecule has 0 N–H and O–H groups in total. The van der Waals surface area contributed by atoms with E-state index in [0.717, 1.165) is 16.6 Å². The lowest BCUT2D eigenvalue weighted by Gasteiger charge is -2.15. The van der Waals surface area contributed by atoms with Gasteiger partial charge in [-0.3, -0.25) is 9.48 Å². The second-order valence-electron chi connectivity index (χ2n) is 6.37. The molecule has 0 aliphatic rings. The van der Waals surface area contributed by atoms with Crippen molar-refractivity contribution >= 4 is 21.8 Å². The number of rotatable bonds is 7. The first kappa shape index (κ1) is 21.0. The zero-order valence-corrected chi connectivity index (χ0v) is 17.7. The van der Waals surface area contributed by atoms with E-state index in [0.29, 0.717) is 23.6 Å². The predicted octanol–water partition coefficient (Wildman–Crippen LogP) is 4.09. The molecule has 1 aromatic carbocycles. The van der Waals surface area contributed by atoms with Crippen LogP contribution in [0.3, 0.4) is 0 Å². The minimum Gasteiger partial charge on any atom is -0.486 e. The van der Waals surface area contributed by atoms with E-state index < -0.39 is 17.5 Å². The number of hydrogen-bond acceptors (Lipinski definition) is 5. The first-order valence-electron chi connectivity index (χ1n) is 8.80. The largest absolute Gasteiger partial charge is 0.486 e. The molecule has 0 saturated heterocycles. The van der Waals surface area contributed by atoms with Gasteiger partial charge in [-0.15, -0.1) is 0 Å². The first-order valence-corrected chi connectivity index (χ1v) is 9.59. The molecule has 1 amide bonds. The number of aromatic nitrogens is 3. The summed E-state index contributed by atoms with van der Waals surface area (Å²) in [6.07, 6.45) is 1.84. The van der Waals surface area contributed by atoms with Gasteiger partial charge < -0.3 is 14.2 Å². The van der Waals surface area contributed by atoms with Crippen LogP contribution in [0.2, 0.25) is 0 Å². The van der Waals surface area contributed by atoms with Crippen LogP contribution in [0.15, 0.2) is 33.4 Å². The number of amides is 1. The Labute approximate surface area is 174 Å². The average Bonchev–Trinajstić information content (AvgIpc) is 3.22. The maximum atomic E-state index is 13.8. The summed E-state index contributed by atoms with van der Waals surface area (Å²) in [5, 5.41) is 8.23. The summed E-state index contributed by atoms with van der Waals surface area (Å²) in [7, 11) is 1.62. The number of hydrogen-bond donors (Lipinski definition) is 0. The Morgan fingerprint density at radius 2 is 2.14 bits per heavy atom. The summed E-state index contributed by atoms with van der Waals surface area (Å²) in [6.45, 7) is 4.40. The predicted molar refractivity (Wildman–Crippen MR) is 103 cm³/mol. The quantitative estimate of drug-likeness (QED) is 0.521. The molecule has 0 bridgehead atoms. The van der Waals surface area contributed by atoms with Gasteiger partial charge >= 0.3 is 0 Å². The number of carbonyl (C=O) groups is 1. The molecule has 2 aromatic heterocycles. The molecular weight excluding hydrogens is 450 g/mol. The molecule has 0 saturated carbocycles. The average molecular weight is 469 g/mol. The third-order valence-corrected chi connectivity index (χ3v) is 4.96. The van der Waals surface area contributed by atoms with Gasteiger partial charge in [-0.25, -0.2) is 8.78 Å². The van der Waals surface area contributed by atoms with Gasteiger partial charge in [0.05, 0.1) is 22.3 Å². The van der Waals surface area contributed by atoms with Crippen LogP contribution in [0.25, 0.3) is 0 Å². The molecule has 29 heavy (non-hydrogen) atoms. The topological polar surface area (TPSA) is 73.4 Å². The van der Waals surface area contributed by atoms with Gasteiger partial charge in [-0.2, -0.15) is 5.10 Å². The van der Waals surface area contributed by atoms with E-state index in [9.17, 15) is 13.6 Å². The summed E-state index contributed by atoms with van der Waals surface area (Å²) < 4.78 is 39.9. The van der Waals surface area contributed by atoms with Gasteiger partial charge in [0.15, 0.2) is 17.3 Å². The summed E-state index contributed by atoms with van der Waals surface area (Å²) in [5.74, 6) is -1.68. The summed E-state index contributed by atoms with van der Waals surface area (Å²) in [5.41, 5.74) is 1.16. The Morgan fingerprint density at radius 3 is 2.79 bits per heavy atom. The highest BCUT2D eigenvalue weighted by Gasteiger charge is 2.24. The Hall–Kier alpha value is -2.75. The van der Waals surface area contributed by atoms with Crippen molar-refractivity contribution in [1.82, 2.24) is 19.8 Å². The lowest BCUT2D eigenvalue weighted by Crippen LogP contribution is -2.28. The number of halogens is 3. The molecule has 3 rings (SSSR count). The van der Waals surface area contributed by atoms with Crippen LogP contribution in [-0.2, 0) is 19.7 Å². The third kappa shape index (κ3) is 4.64. The second kappa shape index (κ2) is 8.73. The Morgan fingerprint density at radius 1 is 1.38 bits per heavy atom. The van der Waals surface area contributed by atoms with Gasteiger partial charge in [0, 0.05) is 25.9 Å². The highest BCUT2D eigenvalue weighted by atomic mass is 79.9. The van der Waals surface area contributed by atoms with E-state index in [4.69, 9.17) is 9.26 Å². The van der Waals surface area contributed by atoms with Gasteiger partial charge in [0.25, 0.3) is 5.91 Å². The highest BCUT2D eigenvalue weighted by Crippen LogP contribution is 2.23. The number of ether oxygens (including phenoxy) is 1. The number of benzene rings is 1. The van der Waals surface area contributed by atoms with E-state index in [1.807, 2.05) is 13.1 Å². The van der Waals surface area contributed by atoms with Crippen molar-refractivity contribution in [2.45, 2.75) is 33.5 Å².